The first-order valence-electron chi connectivity index (χ1n) is 14.2. The van der Waals surface area contributed by atoms with E-state index in [1.54, 1.807) is 0 Å². The third kappa shape index (κ3) is 2.94. The first-order valence-corrected chi connectivity index (χ1v) is 15.0. The van der Waals surface area contributed by atoms with Crippen LogP contribution in [0.4, 0.5) is 0 Å². The van der Waals surface area contributed by atoms with Crippen molar-refractivity contribution >= 4 is 85.4 Å². The topological polar surface area (TPSA) is 0 Å². The van der Waals surface area contributed by atoms with Crippen LogP contribution in [0.5, 0.6) is 0 Å². The Bertz CT molecular complexity index is 2630. The van der Waals surface area contributed by atoms with Crippen LogP contribution in [0.15, 0.2) is 133 Å². The zero-order valence-corrected chi connectivity index (χ0v) is 22.9. The number of hydrogen-bond acceptors (Lipinski definition) is 1. The van der Waals surface area contributed by atoms with E-state index < -0.39 is 0 Å². The van der Waals surface area contributed by atoms with Gasteiger partial charge in [0.25, 0.3) is 0 Å². The molecule has 41 heavy (non-hydrogen) atoms. The SMILES string of the molecule is c1cc2ccc3cccc4c(-c5ccc6ccc(-c7ccc8ccc9cccc%10sc7c8c9%10)cc6c5)cc(c1)c2c34. The van der Waals surface area contributed by atoms with Crippen molar-refractivity contribution in [1.82, 2.24) is 0 Å². The van der Waals surface area contributed by atoms with Gasteiger partial charge in [0.05, 0.1) is 0 Å². The van der Waals surface area contributed by atoms with Crippen LogP contribution in [0.25, 0.3) is 96.3 Å². The summed E-state index contributed by atoms with van der Waals surface area (Å²) < 4.78 is 2.75. The van der Waals surface area contributed by atoms with Crippen molar-refractivity contribution in [3.05, 3.63) is 133 Å². The lowest BCUT2D eigenvalue weighted by Gasteiger charge is -2.15. The summed E-state index contributed by atoms with van der Waals surface area (Å²) in [4.78, 5) is 0. The zero-order chi connectivity index (χ0) is 26.7. The van der Waals surface area contributed by atoms with Gasteiger partial charge in [-0.3, -0.25) is 0 Å². The largest absolute Gasteiger partial charge is 0.134 e. The minimum absolute atomic E-state index is 1.26. The second kappa shape index (κ2) is 7.81. The Kier molecular flexibility index (Phi) is 4.15. The molecule has 0 atom stereocenters. The van der Waals surface area contributed by atoms with Gasteiger partial charge in [0.1, 0.15) is 0 Å². The van der Waals surface area contributed by atoms with E-state index in [1.807, 2.05) is 11.3 Å². The molecule has 0 saturated carbocycles. The first-order chi connectivity index (χ1) is 20.3. The van der Waals surface area contributed by atoms with E-state index >= 15 is 0 Å². The van der Waals surface area contributed by atoms with Crippen LogP contribution in [-0.4, -0.2) is 0 Å². The maximum Gasteiger partial charge on any atom is 0.0440 e. The number of fused-ring (bicyclic) bond motifs is 1. The minimum atomic E-state index is 1.26. The Balaban J connectivity index is 1.21. The maximum absolute atomic E-state index is 2.39. The summed E-state index contributed by atoms with van der Waals surface area (Å²) in [6, 6.07) is 50.0. The number of rotatable bonds is 2. The maximum atomic E-state index is 2.39. The highest BCUT2D eigenvalue weighted by atomic mass is 32.1. The van der Waals surface area contributed by atoms with E-state index in [1.165, 1.54) is 96.3 Å². The molecule has 0 spiro atoms. The molecule has 1 aromatic heterocycles. The lowest BCUT2D eigenvalue weighted by Crippen LogP contribution is -1.88. The van der Waals surface area contributed by atoms with Gasteiger partial charge in [-0.25, -0.2) is 0 Å². The third-order valence-electron chi connectivity index (χ3n) is 9.12. The van der Waals surface area contributed by atoms with E-state index in [9.17, 15) is 0 Å². The fraction of sp³-hybridized carbons (Fsp3) is 0. The second-order valence-electron chi connectivity index (χ2n) is 11.3. The fourth-order valence-corrected chi connectivity index (χ4v) is 8.55. The lowest BCUT2D eigenvalue weighted by atomic mass is 9.88. The molecule has 0 amide bonds. The molecule has 0 N–H and O–H groups in total. The molecule has 0 unspecified atom stereocenters. The van der Waals surface area contributed by atoms with Crippen molar-refractivity contribution in [3.8, 4) is 22.3 Å². The Morgan fingerprint density at radius 2 is 0.927 bits per heavy atom. The minimum Gasteiger partial charge on any atom is -0.134 e. The summed E-state index contributed by atoms with van der Waals surface area (Å²) in [7, 11) is 0. The average molecular weight is 535 g/mol. The van der Waals surface area contributed by atoms with E-state index in [4.69, 9.17) is 0 Å². The summed E-state index contributed by atoms with van der Waals surface area (Å²) in [5.41, 5.74) is 5.16. The second-order valence-corrected chi connectivity index (χ2v) is 12.4. The summed E-state index contributed by atoms with van der Waals surface area (Å²) in [5.74, 6) is 0. The molecule has 9 aromatic carbocycles. The van der Waals surface area contributed by atoms with Gasteiger partial charge in [0.15, 0.2) is 0 Å². The van der Waals surface area contributed by atoms with Gasteiger partial charge in [0, 0.05) is 20.2 Å². The van der Waals surface area contributed by atoms with Gasteiger partial charge in [-0.05, 0) is 100 Å². The van der Waals surface area contributed by atoms with Gasteiger partial charge in [-0.15, -0.1) is 11.3 Å². The Hall–Kier alpha value is -4.98. The summed E-state index contributed by atoms with van der Waals surface area (Å²) in [5, 5.41) is 16.0. The van der Waals surface area contributed by atoms with E-state index in [2.05, 4.69) is 133 Å². The molecular formula is C40H22S. The monoisotopic (exact) mass is 534 g/mol. The van der Waals surface area contributed by atoms with Crippen LogP contribution in [0, 0.1) is 0 Å². The number of thiophene rings is 1. The summed E-state index contributed by atoms with van der Waals surface area (Å²) in [6.45, 7) is 0. The lowest BCUT2D eigenvalue weighted by molar-refractivity contribution is 1.69. The Morgan fingerprint density at radius 1 is 0.341 bits per heavy atom. The quantitative estimate of drug-likeness (QED) is 0.193. The first kappa shape index (κ1) is 21.8. The summed E-state index contributed by atoms with van der Waals surface area (Å²) in [6.07, 6.45) is 0. The average Bonchev–Trinajstić information content (AvgIpc) is 3.43. The zero-order valence-electron chi connectivity index (χ0n) is 22.1. The molecule has 0 aliphatic rings. The van der Waals surface area contributed by atoms with Gasteiger partial charge in [-0.1, -0.05) is 109 Å². The molecule has 188 valence electrons. The van der Waals surface area contributed by atoms with Gasteiger partial charge < -0.3 is 0 Å². The van der Waals surface area contributed by atoms with E-state index in [-0.39, 0.29) is 0 Å². The predicted octanol–water partition coefficient (Wildman–Crippen LogP) is 12.0. The van der Waals surface area contributed by atoms with Crippen LogP contribution in [0.1, 0.15) is 0 Å². The molecule has 0 aliphatic carbocycles. The highest BCUT2D eigenvalue weighted by Gasteiger charge is 2.16. The van der Waals surface area contributed by atoms with Crippen LogP contribution >= 0.6 is 11.3 Å². The molecule has 0 fully saturated rings. The molecule has 0 saturated heterocycles. The predicted molar refractivity (Wildman–Crippen MR) is 180 cm³/mol. The molecule has 0 bridgehead atoms. The fourth-order valence-electron chi connectivity index (χ4n) is 7.24. The Labute approximate surface area is 240 Å². The molecular weight excluding hydrogens is 513 g/mol. The third-order valence-corrected chi connectivity index (χ3v) is 10.3. The highest BCUT2D eigenvalue weighted by molar-refractivity contribution is 7.26. The number of hydrogen-bond donors (Lipinski definition) is 0. The normalized spacial score (nSPS) is 12.4. The van der Waals surface area contributed by atoms with Crippen molar-refractivity contribution in [1.29, 1.82) is 0 Å². The van der Waals surface area contributed by atoms with Crippen LogP contribution in [0.3, 0.4) is 0 Å². The molecule has 0 nitrogen and oxygen atoms in total. The van der Waals surface area contributed by atoms with Crippen molar-refractivity contribution < 1.29 is 0 Å². The van der Waals surface area contributed by atoms with Crippen LogP contribution in [-0.2, 0) is 0 Å². The molecule has 1 heterocycles. The van der Waals surface area contributed by atoms with Gasteiger partial charge in [-0.2, -0.15) is 0 Å². The Morgan fingerprint density at radius 3 is 1.73 bits per heavy atom. The van der Waals surface area contributed by atoms with E-state index in [0.717, 1.165) is 0 Å². The van der Waals surface area contributed by atoms with Crippen molar-refractivity contribution in [3.63, 3.8) is 0 Å². The molecule has 0 aliphatic heterocycles. The molecule has 0 radical (unpaired) electrons. The summed E-state index contributed by atoms with van der Waals surface area (Å²) >= 11 is 1.92. The van der Waals surface area contributed by atoms with Crippen molar-refractivity contribution in [2.45, 2.75) is 0 Å². The van der Waals surface area contributed by atoms with Crippen molar-refractivity contribution in [2.24, 2.45) is 0 Å². The molecule has 10 rings (SSSR count). The van der Waals surface area contributed by atoms with Gasteiger partial charge >= 0.3 is 0 Å². The van der Waals surface area contributed by atoms with Gasteiger partial charge in [0.2, 0.25) is 0 Å². The number of benzene rings is 9. The van der Waals surface area contributed by atoms with E-state index in [0.29, 0.717) is 0 Å². The van der Waals surface area contributed by atoms with Crippen LogP contribution < -0.4 is 0 Å². The molecule has 1 heteroatoms. The smallest absolute Gasteiger partial charge is 0.0440 e. The highest BCUT2D eigenvalue weighted by Crippen LogP contribution is 2.46. The standard InChI is InChI=1S/C40H22S/c1-4-24-12-13-25-5-2-8-33-34(22-30(7-1)36(24)37(25)33)29-17-11-23-10-16-28(20-31(23)21-29)32-19-18-27-15-14-26-6-3-9-35-38(26)39(27)40(32)41-35/h1-22H. The van der Waals surface area contributed by atoms with Crippen molar-refractivity contribution in [2.75, 3.05) is 0 Å². The van der Waals surface area contributed by atoms with Crippen LogP contribution in [0.2, 0.25) is 0 Å². The molecule has 10 aromatic rings.